The molecule has 1 heterocycles. The van der Waals surface area contributed by atoms with Crippen molar-refractivity contribution in [3.8, 4) is 11.5 Å². The fourth-order valence-electron chi connectivity index (χ4n) is 3.17. The van der Waals surface area contributed by atoms with Crippen molar-refractivity contribution in [2.24, 2.45) is 5.10 Å². The molecule has 30 heavy (non-hydrogen) atoms. The van der Waals surface area contributed by atoms with Gasteiger partial charge in [-0.15, -0.1) is 0 Å². The van der Waals surface area contributed by atoms with Crippen LogP contribution in [0.15, 0.2) is 47.6 Å². The van der Waals surface area contributed by atoms with Crippen LogP contribution in [0.25, 0.3) is 0 Å². The highest BCUT2D eigenvalue weighted by Gasteiger charge is 2.22. The standard InChI is InChI=1S/C23H27N3O4/c1-4-22(27)24-18-9-6-16(7-10-18)15-26-23(28)13-11-19(25-26)17-8-12-20(29-3)21(14-17)30-5-2/h6-10,12,14H,4-5,11,13,15H2,1-3H3,(H,24,27). The van der Waals surface area contributed by atoms with Crippen LogP contribution < -0.4 is 14.8 Å². The van der Waals surface area contributed by atoms with Gasteiger partial charge >= 0.3 is 0 Å². The normalized spacial score (nSPS) is 13.6. The molecule has 158 valence electrons. The number of amides is 2. The Morgan fingerprint density at radius 2 is 1.87 bits per heavy atom. The summed E-state index contributed by atoms with van der Waals surface area (Å²) in [5, 5.41) is 8.92. The summed E-state index contributed by atoms with van der Waals surface area (Å²) in [7, 11) is 1.61. The summed E-state index contributed by atoms with van der Waals surface area (Å²) in [4.78, 5) is 23.9. The van der Waals surface area contributed by atoms with Crippen molar-refractivity contribution in [1.29, 1.82) is 0 Å². The molecular formula is C23H27N3O4. The van der Waals surface area contributed by atoms with Gasteiger partial charge in [0.05, 0.1) is 26.0 Å². The second-order valence-corrected chi connectivity index (χ2v) is 6.90. The maximum absolute atomic E-state index is 12.4. The summed E-state index contributed by atoms with van der Waals surface area (Å²) in [5.41, 5.74) is 3.42. The zero-order valence-electron chi connectivity index (χ0n) is 17.6. The molecule has 1 N–H and O–H groups in total. The number of carbonyl (C=O) groups is 2. The van der Waals surface area contributed by atoms with Gasteiger partial charge in [-0.1, -0.05) is 19.1 Å². The molecule has 7 nitrogen and oxygen atoms in total. The van der Waals surface area contributed by atoms with E-state index in [1.54, 1.807) is 14.0 Å². The van der Waals surface area contributed by atoms with E-state index in [1.165, 1.54) is 5.01 Å². The molecule has 2 aromatic carbocycles. The van der Waals surface area contributed by atoms with Gasteiger partial charge in [-0.25, -0.2) is 5.01 Å². The second-order valence-electron chi connectivity index (χ2n) is 6.90. The molecule has 0 saturated carbocycles. The lowest BCUT2D eigenvalue weighted by molar-refractivity contribution is -0.132. The van der Waals surface area contributed by atoms with E-state index in [9.17, 15) is 9.59 Å². The van der Waals surface area contributed by atoms with Crippen molar-refractivity contribution >= 4 is 23.2 Å². The van der Waals surface area contributed by atoms with Gasteiger partial charge in [0.25, 0.3) is 0 Å². The number of nitrogens with one attached hydrogen (secondary N) is 1. The summed E-state index contributed by atoms with van der Waals surface area (Å²) in [5.74, 6) is 1.28. The monoisotopic (exact) mass is 409 g/mol. The Morgan fingerprint density at radius 1 is 1.10 bits per heavy atom. The minimum Gasteiger partial charge on any atom is -0.493 e. The lowest BCUT2D eigenvalue weighted by Gasteiger charge is -2.24. The zero-order valence-corrected chi connectivity index (χ0v) is 17.6. The van der Waals surface area contributed by atoms with Crippen LogP contribution in [0.4, 0.5) is 5.69 Å². The lowest BCUT2D eigenvalue weighted by Crippen LogP contribution is -2.31. The topological polar surface area (TPSA) is 80.2 Å². The van der Waals surface area contributed by atoms with Crippen molar-refractivity contribution in [1.82, 2.24) is 5.01 Å². The van der Waals surface area contributed by atoms with Gasteiger partial charge in [0.1, 0.15) is 0 Å². The summed E-state index contributed by atoms with van der Waals surface area (Å²) in [6, 6.07) is 13.1. The molecule has 0 saturated heterocycles. The molecule has 0 unspecified atom stereocenters. The molecule has 2 amide bonds. The summed E-state index contributed by atoms with van der Waals surface area (Å²) >= 11 is 0. The first-order valence-electron chi connectivity index (χ1n) is 10.1. The van der Waals surface area contributed by atoms with E-state index in [4.69, 9.17) is 9.47 Å². The number of methoxy groups -OCH3 is 1. The number of ether oxygens (including phenoxy) is 2. The third-order valence-corrected chi connectivity index (χ3v) is 4.79. The van der Waals surface area contributed by atoms with Gasteiger partial charge in [-0.05, 0) is 42.8 Å². The zero-order chi connectivity index (χ0) is 21.5. The van der Waals surface area contributed by atoms with Crippen molar-refractivity contribution < 1.29 is 19.1 Å². The second kappa shape index (κ2) is 9.91. The molecule has 1 aliphatic heterocycles. The molecule has 0 spiro atoms. The number of benzene rings is 2. The Morgan fingerprint density at radius 3 is 2.53 bits per heavy atom. The van der Waals surface area contributed by atoms with Gasteiger partial charge in [-0.3, -0.25) is 9.59 Å². The maximum atomic E-state index is 12.4. The van der Waals surface area contributed by atoms with E-state index in [-0.39, 0.29) is 11.8 Å². The van der Waals surface area contributed by atoms with Crippen molar-refractivity contribution in [3.63, 3.8) is 0 Å². The number of hydrogen-bond acceptors (Lipinski definition) is 5. The van der Waals surface area contributed by atoms with Gasteiger partial charge in [0, 0.05) is 30.5 Å². The van der Waals surface area contributed by atoms with E-state index in [2.05, 4.69) is 10.4 Å². The average Bonchev–Trinajstić information content (AvgIpc) is 2.76. The van der Waals surface area contributed by atoms with Crippen molar-refractivity contribution in [2.45, 2.75) is 39.7 Å². The van der Waals surface area contributed by atoms with Crippen LogP contribution in [0.5, 0.6) is 11.5 Å². The van der Waals surface area contributed by atoms with Crippen LogP contribution in [0.1, 0.15) is 44.2 Å². The molecule has 0 radical (unpaired) electrons. The first kappa shape index (κ1) is 21.4. The highest BCUT2D eigenvalue weighted by molar-refractivity contribution is 6.04. The van der Waals surface area contributed by atoms with E-state index in [0.717, 1.165) is 22.5 Å². The molecule has 2 aromatic rings. The van der Waals surface area contributed by atoms with Crippen molar-refractivity contribution in [2.75, 3.05) is 19.0 Å². The molecule has 1 aliphatic rings. The number of hydrogen-bond donors (Lipinski definition) is 1. The van der Waals surface area contributed by atoms with E-state index in [1.807, 2.05) is 49.4 Å². The molecule has 7 heteroatoms. The molecule has 0 atom stereocenters. The predicted octanol–water partition coefficient (Wildman–Crippen LogP) is 3.97. The highest BCUT2D eigenvalue weighted by atomic mass is 16.5. The van der Waals surface area contributed by atoms with E-state index in [0.29, 0.717) is 43.9 Å². The first-order chi connectivity index (χ1) is 14.5. The van der Waals surface area contributed by atoms with E-state index < -0.39 is 0 Å². The number of anilines is 1. The third kappa shape index (κ3) is 5.17. The fraction of sp³-hybridized carbons (Fsp3) is 0.348. The Kier molecular flexibility index (Phi) is 7.06. The molecular weight excluding hydrogens is 382 g/mol. The summed E-state index contributed by atoms with van der Waals surface area (Å²) in [6.45, 7) is 4.63. The minimum absolute atomic E-state index is 0.0133. The number of hydrazone groups is 1. The van der Waals surface area contributed by atoms with Gasteiger partial charge < -0.3 is 14.8 Å². The predicted molar refractivity (Wildman–Crippen MR) is 116 cm³/mol. The molecule has 0 fully saturated rings. The number of rotatable bonds is 8. The first-order valence-corrected chi connectivity index (χ1v) is 10.1. The van der Waals surface area contributed by atoms with Crippen LogP contribution >= 0.6 is 0 Å². The van der Waals surface area contributed by atoms with Gasteiger partial charge in [0.2, 0.25) is 11.8 Å². The van der Waals surface area contributed by atoms with Crippen LogP contribution in [0.3, 0.4) is 0 Å². The molecule has 0 aromatic heterocycles. The SMILES string of the molecule is CCOc1cc(C2=NN(Cc3ccc(NC(=O)CC)cc3)C(=O)CC2)ccc1OC. The largest absolute Gasteiger partial charge is 0.493 e. The Bertz CT molecular complexity index is 938. The summed E-state index contributed by atoms with van der Waals surface area (Å²) in [6.07, 6.45) is 1.41. The Hall–Kier alpha value is -3.35. The number of nitrogens with zero attached hydrogens (tertiary/aromatic N) is 2. The van der Waals surface area contributed by atoms with Gasteiger partial charge in [-0.2, -0.15) is 5.10 Å². The maximum Gasteiger partial charge on any atom is 0.243 e. The summed E-state index contributed by atoms with van der Waals surface area (Å²) < 4.78 is 11.0. The Balaban J connectivity index is 1.77. The van der Waals surface area contributed by atoms with Crippen LogP contribution in [-0.4, -0.2) is 36.3 Å². The van der Waals surface area contributed by atoms with Crippen LogP contribution in [0, 0.1) is 0 Å². The molecule has 0 aliphatic carbocycles. The molecule has 3 rings (SSSR count). The highest BCUT2D eigenvalue weighted by Crippen LogP contribution is 2.30. The minimum atomic E-state index is -0.0332. The fourth-order valence-corrected chi connectivity index (χ4v) is 3.17. The van der Waals surface area contributed by atoms with Gasteiger partial charge in [0.15, 0.2) is 11.5 Å². The van der Waals surface area contributed by atoms with E-state index >= 15 is 0 Å². The molecule has 0 bridgehead atoms. The van der Waals surface area contributed by atoms with Crippen LogP contribution in [-0.2, 0) is 16.1 Å². The third-order valence-electron chi connectivity index (χ3n) is 4.79. The average molecular weight is 409 g/mol. The number of carbonyl (C=O) groups excluding carboxylic acids is 2. The Labute approximate surface area is 176 Å². The quantitative estimate of drug-likeness (QED) is 0.715. The lowest BCUT2D eigenvalue weighted by atomic mass is 10.0. The van der Waals surface area contributed by atoms with Crippen LogP contribution in [0.2, 0.25) is 0 Å². The smallest absolute Gasteiger partial charge is 0.243 e. The van der Waals surface area contributed by atoms with Crippen molar-refractivity contribution in [3.05, 3.63) is 53.6 Å².